The van der Waals surface area contributed by atoms with E-state index < -0.39 is 0 Å². The summed E-state index contributed by atoms with van der Waals surface area (Å²) >= 11 is 0. The van der Waals surface area contributed by atoms with Crippen LogP contribution in [0.4, 0.5) is 0 Å². The Labute approximate surface area is 459 Å². The maximum absolute atomic E-state index is 5.16. The van der Waals surface area contributed by atoms with Gasteiger partial charge in [0.1, 0.15) is 0 Å². The average Bonchev–Trinajstić information content (AvgIpc) is 3.51. The first-order valence-corrected chi connectivity index (χ1v) is 25.4. The minimum absolute atomic E-state index is 0. The molecule has 3 aromatic heterocycles. The molecule has 0 radical (unpaired) electrons. The summed E-state index contributed by atoms with van der Waals surface area (Å²) in [4.78, 5) is 15.1. The molecule has 4 heteroatoms. The summed E-state index contributed by atoms with van der Waals surface area (Å²) in [5.74, 6) is 0. The van der Waals surface area contributed by atoms with Gasteiger partial charge < -0.3 is 15.0 Å². The third-order valence-electron chi connectivity index (χ3n) is 14.2. The summed E-state index contributed by atoms with van der Waals surface area (Å²) in [5, 5.41) is 0. The molecule has 9 aromatic carbocycles. The van der Waals surface area contributed by atoms with E-state index in [1.807, 2.05) is 61.1 Å². The summed E-state index contributed by atoms with van der Waals surface area (Å²) in [7, 11) is 0. The summed E-state index contributed by atoms with van der Waals surface area (Å²) < 4.78 is 0. The van der Waals surface area contributed by atoms with Crippen LogP contribution in [0.2, 0.25) is 0 Å². The first kappa shape index (κ1) is 49.3. The summed E-state index contributed by atoms with van der Waals surface area (Å²) in [6.07, 6.45) is 6.07. The number of nitrogens with zero attached hydrogens (tertiary/aromatic N) is 3. The molecule has 3 heterocycles. The predicted molar refractivity (Wildman–Crippen MR) is 310 cm³/mol. The van der Waals surface area contributed by atoms with E-state index in [2.05, 4.69) is 227 Å². The van der Waals surface area contributed by atoms with Crippen molar-refractivity contribution in [3.63, 3.8) is 0 Å². The number of aromatic nitrogens is 3. The van der Waals surface area contributed by atoms with Crippen LogP contribution in [0, 0.1) is 39.0 Å². The molecule has 3 nitrogen and oxygen atoms in total. The second-order valence-electron chi connectivity index (χ2n) is 19.1. The van der Waals surface area contributed by atoms with Crippen molar-refractivity contribution in [1.82, 2.24) is 15.0 Å². The van der Waals surface area contributed by atoms with Crippen LogP contribution in [0.3, 0.4) is 0 Å². The summed E-state index contributed by atoms with van der Waals surface area (Å²) in [5.41, 5.74) is 26.9. The number of aryl methyl sites for hydroxylation is 3. The van der Waals surface area contributed by atoms with Gasteiger partial charge in [0.15, 0.2) is 0 Å². The van der Waals surface area contributed by atoms with Gasteiger partial charge in [-0.3, -0.25) is 0 Å². The molecule has 0 saturated heterocycles. The van der Waals surface area contributed by atoms with Crippen LogP contribution in [0.15, 0.2) is 249 Å². The second-order valence-corrected chi connectivity index (χ2v) is 19.1. The molecule has 76 heavy (non-hydrogen) atoms. The Morgan fingerprint density at radius 1 is 0.250 bits per heavy atom. The molecule has 0 spiro atoms. The molecule has 0 N–H and O–H groups in total. The SMILES string of the molecule is Cc1cc(-c2[c-]cccc2)ncc1-c1ccccc1-c1cc(-c2ccccc2-c2cnc(-c3[c-]cccc3)cc2C)cc(-c2ccccc2-c2cnc(-c3[c-]ccc(-c4cccc(-c5ccccc5)c4)c3)cc2C)c1.[Ir+3]. The summed E-state index contributed by atoms with van der Waals surface area (Å²) in [6.45, 7) is 6.54. The second kappa shape index (κ2) is 21.9. The van der Waals surface area contributed by atoms with Gasteiger partial charge in [0.05, 0.1) is 0 Å². The average molecular weight is 1150 g/mol. The largest absolute Gasteiger partial charge is 3.00 e. The van der Waals surface area contributed by atoms with Gasteiger partial charge in [-0.15, -0.1) is 107 Å². The zero-order valence-electron chi connectivity index (χ0n) is 42.3. The maximum Gasteiger partial charge on any atom is 3.00 e. The monoisotopic (exact) mass is 1150 g/mol. The standard InChI is InChI=1S/C72H50N3.Ir/c1-48-37-70(52-23-9-5-10-24-52)73-45-67(48)64-34-16-13-31-61(64)58-42-59(62-32-14-17-35-65(62)68-46-74-71(38-49(68)2)53-25-11-6-12-26-53)44-60(43-58)63-33-15-18-36-66(63)69-47-75-72(39-50(69)3)57-30-20-29-56(41-57)55-28-19-27-54(40-55)51-21-7-4-8-22-51;/h4-23,25,27-29,31-47H,1-3H3;/q-3;+3. The first-order valence-electron chi connectivity index (χ1n) is 25.4. The molecular formula is C72H50IrN3. The van der Waals surface area contributed by atoms with Crippen LogP contribution in [0.1, 0.15) is 16.7 Å². The van der Waals surface area contributed by atoms with Crippen LogP contribution in [-0.2, 0) is 20.1 Å². The molecule has 0 aliphatic heterocycles. The molecule has 0 amide bonds. The van der Waals surface area contributed by atoms with Crippen LogP contribution in [0.25, 0.3) is 123 Å². The van der Waals surface area contributed by atoms with Crippen LogP contribution < -0.4 is 0 Å². The molecule has 0 aliphatic carbocycles. The molecule has 12 rings (SSSR count). The molecule has 362 valence electrons. The molecule has 0 saturated carbocycles. The van der Waals surface area contributed by atoms with E-state index in [-0.39, 0.29) is 20.1 Å². The Balaban J connectivity index is 0.00000616. The maximum atomic E-state index is 5.16. The quantitative estimate of drug-likeness (QED) is 0.121. The fourth-order valence-electron chi connectivity index (χ4n) is 10.4. The number of rotatable bonds is 11. The van der Waals surface area contributed by atoms with E-state index >= 15 is 0 Å². The van der Waals surface area contributed by atoms with Crippen molar-refractivity contribution in [2.24, 2.45) is 0 Å². The van der Waals surface area contributed by atoms with E-state index in [0.29, 0.717) is 0 Å². The predicted octanol–water partition coefficient (Wildman–Crippen LogP) is 18.5. The number of benzene rings is 9. The Hall–Kier alpha value is -8.92. The van der Waals surface area contributed by atoms with Crippen molar-refractivity contribution in [2.75, 3.05) is 0 Å². The van der Waals surface area contributed by atoms with E-state index in [4.69, 9.17) is 15.0 Å². The van der Waals surface area contributed by atoms with Crippen molar-refractivity contribution in [1.29, 1.82) is 0 Å². The van der Waals surface area contributed by atoms with Gasteiger partial charge in [0.25, 0.3) is 0 Å². The molecule has 0 fully saturated rings. The van der Waals surface area contributed by atoms with E-state index in [9.17, 15) is 0 Å². The van der Waals surface area contributed by atoms with Crippen LogP contribution >= 0.6 is 0 Å². The van der Waals surface area contributed by atoms with Gasteiger partial charge in [-0.05, 0) is 146 Å². The van der Waals surface area contributed by atoms with Gasteiger partial charge in [0.2, 0.25) is 0 Å². The van der Waals surface area contributed by atoms with Gasteiger partial charge >= 0.3 is 20.1 Å². The van der Waals surface area contributed by atoms with E-state index in [1.54, 1.807) is 0 Å². The Kier molecular flexibility index (Phi) is 14.2. The minimum Gasteiger partial charge on any atom is -0.304 e. The molecular weight excluding hydrogens is 1100 g/mol. The Morgan fingerprint density at radius 2 is 0.592 bits per heavy atom. The number of pyridine rings is 3. The topological polar surface area (TPSA) is 38.7 Å². The van der Waals surface area contributed by atoms with Crippen molar-refractivity contribution < 1.29 is 20.1 Å². The van der Waals surface area contributed by atoms with Gasteiger partial charge in [-0.2, -0.15) is 0 Å². The molecule has 12 aromatic rings. The van der Waals surface area contributed by atoms with Crippen molar-refractivity contribution in [2.45, 2.75) is 20.8 Å². The molecule has 0 aliphatic rings. The van der Waals surface area contributed by atoms with Gasteiger partial charge in [0, 0.05) is 35.3 Å². The smallest absolute Gasteiger partial charge is 0.304 e. The van der Waals surface area contributed by atoms with Crippen LogP contribution in [0.5, 0.6) is 0 Å². The number of hydrogen-bond donors (Lipinski definition) is 0. The van der Waals surface area contributed by atoms with Gasteiger partial charge in [-0.25, -0.2) is 0 Å². The van der Waals surface area contributed by atoms with Crippen molar-refractivity contribution in [3.05, 3.63) is 284 Å². The number of hydrogen-bond acceptors (Lipinski definition) is 3. The van der Waals surface area contributed by atoms with Crippen molar-refractivity contribution in [3.8, 4) is 123 Å². The van der Waals surface area contributed by atoms with Crippen LogP contribution in [-0.4, -0.2) is 15.0 Å². The molecule has 0 atom stereocenters. The minimum atomic E-state index is 0. The molecule has 0 unspecified atom stereocenters. The Bertz CT molecular complexity index is 3880. The fourth-order valence-corrected chi connectivity index (χ4v) is 10.4. The first-order chi connectivity index (χ1) is 36.9. The fraction of sp³-hybridized carbons (Fsp3) is 0.0417. The zero-order chi connectivity index (χ0) is 50.7. The third-order valence-corrected chi connectivity index (χ3v) is 14.2. The zero-order valence-corrected chi connectivity index (χ0v) is 44.7. The normalized spacial score (nSPS) is 11.0. The van der Waals surface area contributed by atoms with E-state index in [1.165, 1.54) is 11.1 Å². The van der Waals surface area contributed by atoms with Gasteiger partial charge in [-0.1, -0.05) is 140 Å². The van der Waals surface area contributed by atoms with E-state index in [0.717, 1.165) is 128 Å². The third kappa shape index (κ3) is 10.0. The van der Waals surface area contributed by atoms with Crippen molar-refractivity contribution >= 4 is 0 Å². The Morgan fingerprint density at radius 3 is 1.01 bits per heavy atom. The summed E-state index contributed by atoms with van der Waals surface area (Å²) in [6, 6.07) is 91.5. The molecule has 0 bridgehead atoms.